The van der Waals surface area contributed by atoms with E-state index in [0.717, 1.165) is 17.1 Å². The topological polar surface area (TPSA) is 59.2 Å². The number of hydrogen-bond acceptors (Lipinski definition) is 5. The summed E-state index contributed by atoms with van der Waals surface area (Å²) in [5.41, 5.74) is 2.91. The van der Waals surface area contributed by atoms with Crippen LogP contribution in [-0.4, -0.2) is 29.1 Å². The number of rotatable bonds is 6. The average Bonchev–Trinajstić information content (AvgIpc) is 3.33. The van der Waals surface area contributed by atoms with Crippen LogP contribution >= 0.6 is 35.0 Å². The molecule has 2 aromatic carbocycles. The van der Waals surface area contributed by atoms with Crippen LogP contribution in [0.4, 0.5) is 5.69 Å². The van der Waals surface area contributed by atoms with E-state index in [1.807, 2.05) is 12.1 Å². The predicted molar refractivity (Wildman–Crippen MR) is 118 cm³/mol. The van der Waals surface area contributed by atoms with Gasteiger partial charge in [0.05, 0.1) is 18.1 Å². The van der Waals surface area contributed by atoms with E-state index in [1.54, 1.807) is 36.3 Å². The lowest BCUT2D eigenvalue weighted by molar-refractivity contribution is -0.174. The molecular weight excluding hydrogens is 429 g/mol. The zero-order valence-electron chi connectivity index (χ0n) is 16.0. The number of thioether (sulfide) groups is 1. The number of halogens is 2. The van der Waals surface area contributed by atoms with Crippen LogP contribution in [0.3, 0.4) is 0 Å². The maximum Gasteiger partial charge on any atom is 0.205 e. The number of hydrogen-bond donors (Lipinski definition) is 2. The largest absolute Gasteiger partial charge is 0.358 e. The van der Waals surface area contributed by atoms with E-state index >= 15 is 0 Å². The van der Waals surface area contributed by atoms with Gasteiger partial charge in [-0.15, -0.1) is 11.8 Å². The lowest BCUT2D eigenvalue weighted by atomic mass is 10.0. The molecule has 2 heterocycles. The molecule has 2 N–H and O–H groups in total. The Morgan fingerprint density at radius 3 is 2.83 bits per heavy atom. The summed E-state index contributed by atoms with van der Waals surface area (Å²) in [5, 5.41) is 4.46. The van der Waals surface area contributed by atoms with Crippen molar-refractivity contribution in [1.29, 1.82) is 0 Å². The van der Waals surface area contributed by atoms with E-state index in [4.69, 9.17) is 32.7 Å². The summed E-state index contributed by atoms with van der Waals surface area (Å²) in [6.07, 6.45) is 5.60. The molecular formula is C21H21Cl2N3O2S. The number of ether oxygens (including phenoxy) is 2. The minimum Gasteiger partial charge on any atom is -0.358 e. The van der Waals surface area contributed by atoms with Crippen molar-refractivity contribution in [3.05, 3.63) is 75.8 Å². The van der Waals surface area contributed by atoms with Crippen molar-refractivity contribution in [1.82, 2.24) is 9.97 Å². The van der Waals surface area contributed by atoms with Gasteiger partial charge in [-0.1, -0.05) is 29.3 Å². The molecule has 0 saturated carbocycles. The van der Waals surface area contributed by atoms with Crippen molar-refractivity contribution in [2.75, 3.05) is 18.2 Å². The maximum absolute atomic E-state index is 6.50. The van der Waals surface area contributed by atoms with Crippen LogP contribution in [0.25, 0.3) is 0 Å². The van der Waals surface area contributed by atoms with Gasteiger partial charge in [0.25, 0.3) is 0 Å². The van der Waals surface area contributed by atoms with Gasteiger partial charge in [0.2, 0.25) is 5.79 Å². The van der Waals surface area contributed by atoms with E-state index in [0.29, 0.717) is 23.1 Å². The van der Waals surface area contributed by atoms with Gasteiger partial charge < -0.3 is 19.8 Å². The molecule has 0 bridgehead atoms. The Labute approximate surface area is 184 Å². The number of nitrogens with one attached hydrogen (secondary N) is 2. The second kappa shape index (κ2) is 8.58. The highest BCUT2D eigenvalue weighted by Crippen LogP contribution is 2.41. The van der Waals surface area contributed by atoms with E-state index in [-0.39, 0.29) is 6.23 Å². The van der Waals surface area contributed by atoms with Crippen LogP contribution < -0.4 is 5.32 Å². The van der Waals surface area contributed by atoms with Crippen LogP contribution in [0.1, 0.15) is 17.0 Å². The highest BCUT2D eigenvalue weighted by atomic mass is 35.5. The summed E-state index contributed by atoms with van der Waals surface area (Å²) in [5.74, 6) is -0.317. The molecule has 29 heavy (non-hydrogen) atoms. The first-order valence-electron chi connectivity index (χ1n) is 9.16. The highest BCUT2D eigenvalue weighted by molar-refractivity contribution is 7.98. The summed E-state index contributed by atoms with van der Waals surface area (Å²) < 4.78 is 12.6. The van der Waals surface area contributed by atoms with Crippen molar-refractivity contribution in [3.63, 3.8) is 0 Å². The highest BCUT2D eigenvalue weighted by Gasteiger charge is 2.45. The van der Waals surface area contributed by atoms with Crippen molar-refractivity contribution in [2.45, 2.75) is 30.3 Å². The van der Waals surface area contributed by atoms with Gasteiger partial charge in [-0.2, -0.15) is 0 Å². The van der Waals surface area contributed by atoms with Crippen molar-refractivity contribution < 1.29 is 9.47 Å². The van der Waals surface area contributed by atoms with E-state index in [1.165, 1.54) is 10.5 Å². The number of imidazole rings is 1. The lowest BCUT2D eigenvalue weighted by Gasteiger charge is -2.29. The number of aromatic amines is 1. The number of benzene rings is 2. The molecule has 0 spiro atoms. The second-order valence-corrected chi connectivity index (χ2v) is 8.53. The van der Waals surface area contributed by atoms with E-state index in [2.05, 4.69) is 40.6 Å². The van der Waals surface area contributed by atoms with Crippen molar-refractivity contribution in [3.8, 4) is 0 Å². The predicted octanol–water partition coefficient (Wildman–Crippen LogP) is 5.63. The molecule has 0 aliphatic carbocycles. The van der Waals surface area contributed by atoms with Gasteiger partial charge >= 0.3 is 0 Å². The minimum atomic E-state index is -1.06. The number of anilines is 1. The molecule has 3 aromatic rings. The molecule has 0 amide bonds. The molecule has 2 unspecified atom stereocenters. The van der Waals surface area contributed by atoms with Gasteiger partial charge in [0.15, 0.2) is 6.23 Å². The zero-order valence-corrected chi connectivity index (χ0v) is 18.4. The number of aryl methyl sites for hydroxylation is 1. The van der Waals surface area contributed by atoms with Crippen LogP contribution in [0.15, 0.2) is 53.7 Å². The Morgan fingerprint density at radius 2 is 2.14 bits per heavy atom. The van der Waals surface area contributed by atoms with E-state index < -0.39 is 5.79 Å². The first-order chi connectivity index (χ1) is 14.0. The van der Waals surface area contributed by atoms with Crippen LogP contribution in [0.2, 0.25) is 10.0 Å². The van der Waals surface area contributed by atoms with Gasteiger partial charge in [-0.05, 0) is 49.1 Å². The summed E-state index contributed by atoms with van der Waals surface area (Å²) >= 11 is 14.3. The Morgan fingerprint density at radius 1 is 1.28 bits per heavy atom. The fraction of sp³-hybridized carbons (Fsp3) is 0.286. The third-order valence-corrected chi connectivity index (χ3v) is 6.27. The summed E-state index contributed by atoms with van der Waals surface area (Å²) in [4.78, 5) is 8.69. The van der Waals surface area contributed by atoms with Crippen LogP contribution in [-0.2, 0) is 21.7 Å². The molecule has 2 atom stereocenters. The van der Waals surface area contributed by atoms with Gasteiger partial charge in [-0.3, -0.25) is 0 Å². The normalized spacial score (nSPS) is 21.4. The number of aromatic nitrogens is 2. The molecule has 5 nitrogen and oxygen atoms in total. The Kier molecular flexibility index (Phi) is 6.08. The third kappa shape index (κ3) is 4.42. The fourth-order valence-electron chi connectivity index (χ4n) is 3.48. The standard InChI is InChI=1S/C21H21Cl2N3O2S/c1-13-9-15(4-6-18(13)29-2)26-20-12-27-21(28-20,11-19-24-7-8-25-19)16-5-3-14(22)10-17(16)23/h3-10,20,26H,11-12H2,1-2H3,(H,24,25). The second-order valence-electron chi connectivity index (χ2n) is 6.84. The molecule has 4 rings (SSSR count). The Bertz CT molecular complexity index is 1000. The van der Waals surface area contributed by atoms with Gasteiger partial charge in [0, 0.05) is 33.6 Å². The lowest BCUT2D eigenvalue weighted by Crippen LogP contribution is -2.33. The van der Waals surface area contributed by atoms with Gasteiger partial charge in [0.1, 0.15) is 5.82 Å². The Hall–Kier alpha value is -1.70. The van der Waals surface area contributed by atoms with E-state index in [9.17, 15) is 0 Å². The molecule has 1 aliphatic rings. The first-order valence-corrected chi connectivity index (χ1v) is 11.1. The molecule has 152 valence electrons. The molecule has 1 aliphatic heterocycles. The summed E-state index contributed by atoms with van der Waals surface area (Å²) in [7, 11) is 0. The molecule has 1 saturated heterocycles. The number of H-pyrrole nitrogens is 1. The zero-order chi connectivity index (χ0) is 20.4. The maximum atomic E-state index is 6.50. The van der Waals surface area contributed by atoms with Crippen LogP contribution in [0.5, 0.6) is 0 Å². The average molecular weight is 450 g/mol. The fourth-order valence-corrected chi connectivity index (χ4v) is 4.61. The molecule has 1 fully saturated rings. The summed E-state index contributed by atoms with van der Waals surface area (Å²) in [6, 6.07) is 11.6. The molecule has 0 radical (unpaired) electrons. The third-order valence-electron chi connectivity index (χ3n) is 4.82. The Balaban J connectivity index is 1.60. The molecule has 8 heteroatoms. The molecule has 1 aromatic heterocycles. The quantitative estimate of drug-likeness (QED) is 0.477. The minimum absolute atomic E-state index is 0.337. The van der Waals surface area contributed by atoms with Crippen molar-refractivity contribution in [2.24, 2.45) is 0 Å². The summed E-state index contributed by atoms with van der Waals surface area (Å²) in [6.45, 7) is 2.46. The number of nitrogens with zero attached hydrogens (tertiary/aromatic N) is 1. The first kappa shape index (κ1) is 20.6. The van der Waals surface area contributed by atoms with Gasteiger partial charge in [-0.25, -0.2) is 4.98 Å². The van der Waals surface area contributed by atoms with Crippen molar-refractivity contribution >= 4 is 40.7 Å². The SMILES string of the molecule is CSc1ccc(NC2COC(Cc3ncc[nH]3)(c3ccc(Cl)cc3Cl)O2)cc1C. The smallest absolute Gasteiger partial charge is 0.205 e. The van der Waals surface area contributed by atoms with Crippen LogP contribution in [0, 0.1) is 6.92 Å². The monoisotopic (exact) mass is 449 g/mol.